The van der Waals surface area contributed by atoms with E-state index >= 15 is 0 Å². The first-order valence-electron chi connectivity index (χ1n) is 7.61. The van der Waals surface area contributed by atoms with Gasteiger partial charge in [-0.3, -0.25) is 0 Å². The molecule has 1 fully saturated rings. The Labute approximate surface area is 134 Å². The highest BCUT2D eigenvalue weighted by Crippen LogP contribution is 2.40. The number of hydrogen-bond donors (Lipinski definition) is 1. The minimum atomic E-state index is 0.163. The van der Waals surface area contributed by atoms with Gasteiger partial charge in [-0.15, -0.1) is 10.2 Å². The third kappa shape index (κ3) is 3.65. The summed E-state index contributed by atoms with van der Waals surface area (Å²) in [5, 5.41) is 15.3. The van der Waals surface area contributed by atoms with Crippen LogP contribution in [-0.2, 0) is 0 Å². The fraction of sp³-hybridized carbons (Fsp3) is 0.500. The molecule has 1 aliphatic rings. The maximum absolute atomic E-state index is 4.48. The number of hydrogen-bond acceptors (Lipinski definition) is 5. The molecular formula is C16H21N3S2. The molecule has 0 aliphatic carbocycles. The van der Waals surface area contributed by atoms with Gasteiger partial charge in [0.05, 0.1) is 11.3 Å². The maximum atomic E-state index is 4.48. The smallest absolute Gasteiger partial charge is 0.139 e. The average molecular weight is 319 g/mol. The monoisotopic (exact) mass is 319 g/mol. The van der Waals surface area contributed by atoms with Gasteiger partial charge >= 0.3 is 0 Å². The fourth-order valence-corrected chi connectivity index (χ4v) is 5.12. The molecular weight excluding hydrogens is 298 g/mol. The van der Waals surface area contributed by atoms with Crippen molar-refractivity contribution in [2.24, 2.45) is 0 Å². The van der Waals surface area contributed by atoms with Crippen LogP contribution >= 0.6 is 23.1 Å². The summed E-state index contributed by atoms with van der Waals surface area (Å²) in [6.45, 7) is 3.06. The van der Waals surface area contributed by atoms with Crippen LogP contribution in [0.15, 0.2) is 30.3 Å². The maximum Gasteiger partial charge on any atom is 0.139 e. The van der Waals surface area contributed by atoms with E-state index in [1.807, 2.05) is 11.8 Å². The lowest BCUT2D eigenvalue weighted by Crippen LogP contribution is -2.21. The van der Waals surface area contributed by atoms with Crippen LogP contribution in [0.25, 0.3) is 0 Å². The molecule has 1 N–H and O–H groups in total. The van der Waals surface area contributed by atoms with Crippen LogP contribution in [0.2, 0.25) is 0 Å². The molecule has 112 valence electrons. The van der Waals surface area contributed by atoms with E-state index in [1.54, 1.807) is 11.3 Å². The molecule has 1 saturated heterocycles. The van der Waals surface area contributed by atoms with Crippen molar-refractivity contribution in [3.8, 4) is 0 Å². The van der Waals surface area contributed by atoms with Gasteiger partial charge in [-0.25, -0.2) is 0 Å². The molecule has 0 spiro atoms. The van der Waals surface area contributed by atoms with Crippen LogP contribution in [0.3, 0.4) is 0 Å². The highest BCUT2D eigenvalue weighted by molar-refractivity contribution is 7.99. The summed E-state index contributed by atoms with van der Waals surface area (Å²) in [6.07, 6.45) is 3.91. The van der Waals surface area contributed by atoms with E-state index in [0.29, 0.717) is 5.25 Å². The molecule has 0 radical (unpaired) electrons. The number of nitrogens with one attached hydrogen (secondary N) is 1. The SMILES string of the molecule is CCNC(c1ccccc1)c1nnc(C2CCCCS2)s1. The van der Waals surface area contributed by atoms with Crippen LogP contribution in [0.5, 0.6) is 0 Å². The minimum absolute atomic E-state index is 0.163. The molecule has 2 unspecified atom stereocenters. The standard InChI is InChI=1S/C16H21N3S2/c1-2-17-14(12-8-4-3-5-9-12)16-19-18-15(21-16)13-10-6-7-11-20-13/h3-5,8-9,13-14,17H,2,6-7,10-11H2,1H3. The van der Waals surface area contributed by atoms with Crippen LogP contribution in [0, 0.1) is 0 Å². The number of nitrogens with zero attached hydrogens (tertiary/aromatic N) is 2. The third-order valence-electron chi connectivity index (χ3n) is 3.70. The molecule has 0 amide bonds. The van der Waals surface area contributed by atoms with Gasteiger partial charge in [0, 0.05) is 0 Å². The molecule has 0 bridgehead atoms. The van der Waals surface area contributed by atoms with E-state index in [-0.39, 0.29) is 6.04 Å². The van der Waals surface area contributed by atoms with Crippen LogP contribution in [0.4, 0.5) is 0 Å². The molecule has 2 atom stereocenters. The van der Waals surface area contributed by atoms with Crippen molar-refractivity contribution in [1.29, 1.82) is 0 Å². The first-order chi connectivity index (χ1) is 10.4. The van der Waals surface area contributed by atoms with E-state index in [9.17, 15) is 0 Å². The summed E-state index contributed by atoms with van der Waals surface area (Å²) in [5.41, 5.74) is 1.26. The average Bonchev–Trinajstić information content (AvgIpc) is 3.04. The van der Waals surface area contributed by atoms with Gasteiger partial charge in [0.15, 0.2) is 0 Å². The normalized spacial score (nSPS) is 20.3. The van der Waals surface area contributed by atoms with Gasteiger partial charge < -0.3 is 5.32 Å². The lowest BCUT2D eigenvalue weighted by atomic mass is 10.1. The summed E-state index contributed by atoms with van der Waals surface area (Å²) in [6, 6.07) is 10.7. The second-order valence-electron chi connectivity index (χ2n) is 5.24. The zero-order valence-corrected chi connectivity index (χ0v) is 13.9. The first-order valence-corrected chi connectivity index (χ1v) is 9.48. The Hall–Kier alpha value is -0.910. The largest absolute Gasteiger partial charge is 0.304 e. The van der Waals surface area contributed by atoms with Crippen LogP contribution in [-0.4, -0.2) is 22.5 Å². The van der Waals surface area contributed by atoms with Gasteiger partial charge in [0.25, 0.3) is 0 Å². The van der Waals surface area contributed by atoms with E-state index in [2.05, 4.69) is 52.8 Å². The van der Waals surface area contributed by atoms with Gasteiger partial charge in [0.1, 0.15) is 10.0 Å². The molecule has 3 nitrogen and oxygen atoms in total. The fourth-order valence-electron chi connectivity index (χ4n) is 2.63. The molecule has 2 aromatic rings. The number of thioether (sulfide) groups is 1. The third-order valence-corrected chi connectivity index (χ3v) is 6.34. The van der Waals surface area contributed by atoms with E-state index < -0.39 is 0 Å². The topological polar surface area (TPSA) is 37.8 Å². The lowest BCUT2D eigenvalue weighted by molar-refractivity contribution is 0.620. The van der Waals surface area contributed by atoms with Crippen LogP contribution in [0.1, 0.15) is 53.1 Å². The van der Waals surface area contributed by atoms with Crippen LogP contribution < -0.4 is 5.32 Å². The summed E-state index contributed by atoms with van der Waals surface area (Å²) < 4.78 is 0. The Kier molecular flexibility index (Phi) is 5.27. The van der Waals surface area contributed by atoms with Gasteiger partial charge in [-0.1, -0.05) is 55.0 Å². The Morgan fingerprint density at radius 1 is 1.24 bits per heavy atom. The summed E-state index contributed by atoms with van der Waals surface area (Å²) in [4.78, 5) is 0. The zero-order valence-electron chi connectivity index (χ0n) is 12.3. The number of rotatable bonds is 5. The van der Waals surface area contributed by atoms with Crippen molar-refractivity contribution >= 4 is 23.1 Å². The van der Waals surface area contributed by atoms with Gasteiger partial charge in [-0.2, -0.15) is 11.8 Å². The van der Waals surface area contributed by atoms with Crippen molar-refractivity contribution in [3.05, 3.63) is 45.9 Å². The molecule has 1 aliphatic heterocycles. The predicted molar refractivity (Wildman–Crippen MR) is 90.9 cm³/mol. The predicted octanol–water partition coefficient (Wildman–Crippen LogP) is 4.20. The second-order valence-corrected chi connectivity index (χ2v) is 7.59. The molecule has 2 heterocycles. The summed E-state index contributed by atoms with van der Waals surface area (Å²) in [7, 11) is 0. The van der Waals surface area contributed by atoms with Gasteiger partial charge in [0.2, 0.25) is 0 Å². The van der Waals surface area contributed by atoms with Crippen molar-refractivity contribution in [1.82, 2.24) is 15.5 Å². The molecule has 21 heavy (non-hydrogen) atoms. The molecule has 1 aromatic heterocycles. The lowest BCUT2D eigenvalue weighted by Gasteiger charge is -2.18. The Morgan fingerprint density at radius 2 is 2.10 bits per heavy atom. The van der Waals surface area contributed by atoms with E-state index in [4.69, 9.17) is 0 Å². The number of aromatic nitrogens is 2. The minimum Gasteiger partial charge on any atom is -0.304 e. The molecule has 5 heteroatoms. The first kappa shape index (κ1) is 15.0. The quantitative estimate of drug-likeness (QED) is 0.896. The molecule has 0 saturated carbocycles. The van der Waals surface area contributed by atoms with E-state index in [0.717, 1.165) is 11.6 Å². The highest BCUT2D eigenvalue weighted by Gasteiger charge is 2.23. The van der Waals surface area contributed by atoms with Crippen molar-refractivity contribution in [2.75, 3.05) is 12.3 Å². The molecule has 3 rings (SSSR count). The molecule has 1 aromatic carbocycles. The summed E-state index contributed by atoms with van der Waals surface area (Å²) >= 11 is 3.81. The zero-order chi connectivity index (χ0) is 14.5. The van der Waals surface area contributed by atoms with Crippen molar-refractivity contribution in [3.63, 3.8) is 0 Å². The number of benzene rings is 1. The van der Waals surface area contributed by atoms with Crippen molar-refractivity contribution in [2.45, 2.75) is 37.5 Å². The van der Waals surface area contributed by atoms with Crippen molar-refractivity contribution < 1.29 is 0 Å². The Morgan fingerprint density at radius 3 is 2.81 bits per heavy atom. The van der Waals surface area contributed by atoms with Gasteiger partial charge in [-0.05, 0) is 30.7 Å². The highest BCUT2D eigenvalue weighted by atomic mass is 32.2. The Bertz CT molecular complexity index is 550. The Balaban J connectivity index is 1.81. The van der Waals surface area contributed by atoms with E-state index in [1.165, 1.54) is 35.6 Å². The summed E-state index contributed by atoms with van der Waals surface area (Å²) in [5.74, 6) is 1.26. The second kappa shape index (κ2) is 7.38.